The molecule has 0 aromatic heterocycles. The Bertz CT molecular complexity index is 539. The van der Waals surface area contributed by atoms with Crippen LogP contribution in [-0.4, -0.2) is 31.1 Å². The minimum absolute atomic E-state index is 0.233. The van der Waals surface area contributed by atoms with Gasteiger partial charge in [0.25, 0.3) is 0 Å². The zero-order valence-electron chi connectivity index (χ0n) is 9.80. The molecule has 1 amide bonds. The second-order valence-electron chi connectivity index (χ2n) is 3.86. The number of cyclic esters (lactones) is 1. The lowest BCUT2D eigenvalue weighted by molar-refractivity contribution is -0.309. The fourth-order valence-electron chi connectivity index (χ4n) is 1.62. The third-order valence-corrected chi connectivity index (χ3v) is 2.43. The summed E-state index contributed by atoms with van der Waals surface area (Å²) in [5.74, 6) is -2.35. The van der Waals surface area contributed by atoms with E-state index in [1.807, 2.05) is 0 Å². The number of benzene rings is 1. The van der Waals surface area contributed by atoms with Crippen molar-refractivity contribution in [3.05, 3.63) is 29.3 Å². The lowest BCUT2D eigenvalue weighted by Gasteiger charge is -2.07. The van der Waals surface area contributed by atoms with E-state index in [1.54, 1.807) is 12.1 Å². The largest absolute Gasteiger partial charge is 0.548 e. The monoisotopic (exact) mass is 264 g/mol. The van der Waals surface area contributed by atoms with E-state index in [0.29, 0.717) is 11.3 Å². The zero-order valence-corrected chi connectivity index (χ0v) is 9.80. The average molecular weight is 264 g/mol. The van der Waals surface area contributed by atoms with Gasteiger partial charge in [-0.2, -0.15) is 0 Å². The number of ether oxygens (including phenoxy) is 2. The number of hydrogen-bond acceptors (Lipinski definition) is 6. The highest BCUT2D eigenvalue weighted by Gasteiger charge is 2.21. The molecule has 1 aromatic rings. The van der Waals surface area contributed by atoms with Crippen LogP contribution < -0.4 is 10.4 Å². The maximum absolute atomic E-state index is 11.4. The maximum Gasteiger partial charge on any atom is 0.338 e. The molecule has 19 heavy (non-hydrogen) atoms. The number of nitrogens with one attached hydrogen (secondary N) is 1. The van der Waals surface area contributed by atoms with Crippen molar-refractivity contribution in [2.75, 3.05) is 18.5 Å². The Balaban J connectivity index is 1.93. The van der Waals surface area contributed by atoms with Gasteiger partial charge in [0.2, 0.25) is 5.91 Å². The van der Waals surface area contributed by atoms with Crippen LogP contribution in [0, 0.1) is 0 Å². The predicted octanol–water partition coefficient (Wildman–Crippen LogP) is -0.938. The summed E-state index contributed by atoms with van der Waals surface area (Å²) < 4.78 is 9.40. The van der Waals surface area contributed by atoms with E-state index < -0.39 is 31.1 Å². The van der Waals surface area contributed by atoms with Gasteiger partial charge in [-0.1, -0.05) is 6.07 Å². The maximum atomic E-state index is 11.4. The van der Waals surface area contributed by atoms with Gasteiger partial charge in [-0.25, -0.2) is 4.79 Å². The first-order chi connectivity index (χ1) is 9.06. The summed E-state index contributed by atoms with van der Waals surface area (Å²) >= 11 is 0. The fraction of sp³-hybridized carbons (Fsp3) is 0.250. The van der Waals surface area contributed by atoms with Crippen molar-refractivity contribution in [1.29, 1.82) is 0 Å². The quantitative estimate of drug-likeness (QED) is 0.688. The lowest BCUT2D eigenvalue weighted by Crippen LogP contribution is -2.29. The molecule has 0 radical (unpaired) electrons. The smallest absolute Gasteiger partial charge is 0.338 e. The molecule has 1 N–H and O–H groups in total. The molecule has 0 saturated heterocycles. The van der Waals surface area contributed by atoms with Gasteiger partial charge in [0.15, 0.2) is 0 Å². The van der Waals surface area contributed by atoms with E-state index in [4.69, 9.17) is 4.74 Å². The Hall–Kier alpha value is -2.41. The van der Waals surface area contributed by atoms with Crippen LogP contribution in [0.4, 0.5) is 5.69 Å². The van der Waals surface area contributed by atoms with Gasteiger partial charge in [0.1, 0.15) is 13.2 Å². The molecule has 0 atom stereocenters. The number of rotatable bonds is 5. The van der Waals surface area contributed by atoms with Crippen molar-refractivity contribution < 1.29 is 29.0 Å². The summed E-state index contributed by atoms with van der Waals surface area (Å²) in [6, 6.07) is 4.80. The summed E-state index contributed by atoms with van der Waals surface area (Å²) in [6.07, 6.45) is 0. The van der Waals surface area contributed by atoms with Crippen LogP contribution >= 0.6 is 0 Å². The number of fused-ring (bicyclic) bond motifs is 1. The van der Waals surface area contributed by atoms with Gasteiger partial charge in [0.05, 0.1) is 18.1 Å². The van der Waals surface area contributed by atoms with Crippen molar-refractivity contribution in [2.45, 2.75) is 6.61 Å². The third-order valence-electron chi connectivity index (χ3n) is 2.43. The molecule has 1 heterocycles. The van der Waals surface area contributed by atoms with E-state index in [0.717, 1.165) is 5.56 Å². The Morgan fingerprint density at radius 1 is 1.37 bits per heavy atom. The fourth-order valence-corrected chi connectivity index (χ4v) is 1.62. The number of amides is 1. The Kier molecular flexibility index (Phi) is 3.76. The highest BCUT2D eigenvalue weighted by Crippen LogP contribution is 2.23. The summed E-state index contributed by atoms with van der Waals surface area (Å²) in [7, 11) is 0. The van der Waals surface area contributed by atoms with Crippen LogP contribution in [0.2, 0.25) is 0 Å². The second kappa shape index (κ2) is 5.49. The number of hydrogen-bond donors (Lipinski definition) is 1. The molecule has 0 unspecified atom stereocenters. The first-order valence-corrected chi connectivity index (χ1v) is 5.44. The highest BCUT2D eigenvalue weighted by atomic mass is 16.5. The molecular weight excluding hydrogens is 254 g/mol. The lowest BCUT2D eigenvalue weighted by atomic mass is 10.1. The SMILES string of the molecule is O=C([O-])COCC(=O)Nc1ccc2c(c1)C(=O)OC2. The third kappa shape index (κ3) is 3.29. The standard InChI is InChI=1S/C12H11NO6/c14-10(5-18-6-11(15)16)13-8-2-1-7-4-19-12(17)9(7)3-8/h1-3H,4-6H2,(H,13,14)(H,15,16)/p-1. The molecule has 1 aliphatic heterocycles. The molecule has 1 aromatic carbocycles. The molecule has 0 spiro atoms. The van der Waals surface area contributed by atoms with Crippen LogP contribution in [0.1, 0.15) is 15.9 Å². The van der Waals surface area contributed by atoms with Gasteiger partial charge >= 0.3 is 5.97 Å². The average Bonchev–Trinajstić information content (AvgIpc) is 2.70. The van der Waals surface area contributed by atoms with Gasteiger partial charge in [-0.3, -0.25) is 4.79 Å². The van der Waals surface area contributed by atoms with Crippen LogP contribution in [0.25, 0.3) is 0 Å². The van der Waals surface area contributed by atoms with Crippen LogP contribution in [0.3, 0.4) is 0 Å². The zero-order chi connectivity index (χ0) is 13.8. The summed E-state index contributed by atoms with van der Waals surface area (Å²) in [5, 5.41) is 12.6. The molecule has 7 nitrogen and oxygen atoms in total. The van der Waals surface area contributed by atoms with E-state index in [9.17, 15) is 19.5 Å². The molecule has 100 valence electrons. The van der Waals surface area contributed by atoms with Crippen molar-refractivity contribution in [3.63, 3.8) is 0 Å². The molecule has 1 aliphatic rings. The number of carboxylic acids is 1. The number of esters is 1. The molecular formula is C12H10NO6-. The number of carboxylic acid groups (broad SMARTS) is 1. The van der Waals surface area contributed by atoms with Gasteiger partial charge in [0, 0.05) is 11.3 Å². The summed E-state index contributed by atoms with van der Waals surface area (Å²) in [4.78, 5) is 32.8. The highest BCUT2D eigenvalue weighted by molar-refractivity contribution is 5.97. The van der Waals surface area contributed by atoms with Crippen molar-refractivity contribution >= 4 is 23.5 Å². The molecule has 7 heteroatoms. The Morgan fingerprint density at radius 3 is 2.89 bits per heavy atom. The summed E-state index contributed by atoms with van der Waals surface area (Å²) in [6.45, 7) is -0.823. The minimum Gasteiger partial charge on any atom is -0.548 e. The van der Waals surface area contributed by atoms with Gasteiger partial charge in [-0.05, 0) is 12.1 Å². The Labute approximate surface area is 108 Å². The molecule has 0 bridgehead atoms. The van der Waals surface area contributed by atoms with E-state index in [-0.39, 0.29) is 6.61 Å². The number of aliphatic carboxylic acids is 1. The van der Waals surface area contributed by atoms with Crippen LogP contribution in [0.5, 0.6) is 0 Å². The number of carbonyl (C=O) groups excluding carboxylic acids is 3. The van der Waals surface area contributed by atoms with E-state index in [1.165, 1.54) is 6.07 Å². The first kappa shape index (κ1) is 13.0. The predicted molar refractivity (Wildman–Crippen MR) is 60.0 cm³/mol. The number of anilines is 1. The van der Waals surface area contributed by atoms with Crippen LogP contribution in [0.15, 0.2) is 18.2 Å². The van der Waals surface area contributed by atoms with Gasteiger partial charge in [-0.15, -0.1) is 0 Å². The van der Waals surface area contributed by atoms with E-state index in [2.05, 4.69) is 10.1 Å². The summed E-state index contributed by atoms with van der Waals surface area (Å²) in [5.41, 5.74) is 1.59. The van der Waals surface area contributed by atoms with Crippen LogP contribution in [-0.2, 0) is 25.7 Å². The topological polar surface area (TPSA) is 105 Å². The van der Waals surface area contributed by atoms with Gasteiger partial charge < -0.3 is 24.7 Å². The molecule has 0 aliphatic carbocycles. The molecule has 0 saturated carbocycles. The second-order valence-corrected chi connectivity index (χ2v) is 3.86. The normalized spacial score (nSPS) is 12.7. The minimum atomic E-state index is -1.40. The van der Waals surface area contributed by atoms with Crippen molar-refractivity contribution in [3.8, 4) is 0 Å². The Morgan fingerprint density at radius 2 is 2.16 bits per heavy atom. The molecule has 2 rings (SSSR count). The van der Waals surface area contributed by atoms with Crippen molar-refractivity contribution in [2.24, 2.45) is 0 Å². The number of carbonyl (C=O) groups is 3. The van der Waals surface area contributed by atoms with Crippen molar-refractivity contribution in [1.82, 2.24) is 0 Å². The molecule has 0 fully saturated rings. The van der Waals surface area contributed by atoms with E-state index >= 15 is 0 Å². The first-order valence-electron chi connectivity index (χ1n) is 5.44.